The van der Waals surface area contributed by atoms with E-state index >= 15 is 0 Å². The highest BCUT2D eigenvalue weighted by Crippen LogP contribution is 2.52. The Morgan fingerprint density at radius 2 is 0.933 bits per heavy atom. The first-order valence-electron chi connectivity index (χ1n) is 20.5. The van der Waals surface area contributed by atoms with Gasteiger partial charge >= 0.3 is 0 Å². The van der Waals surface area contributed by atoms with Gasteiger partial charge in [-0.3, -0.25) is 0 Å². The summed E-state index contributed by atoms with van der Waals surface area (Å²) >= 11 is 0. The Labute approximate surface area is 347 Å². The molecule has 0 amide bonds. The van der Waals surface area contributed by atoms with Crippen LogP contribution >= 0.6 is 0 Å². The standard InChI is InChI=1S/C56H37N3O/c1-56(2)48-20-9-8-16-43(48)44-18-10-19-45(52(44)56)55-58-53(37-13-4-3-5-14-37)57-54(59-55)38-27-24-35(25-28-38)42-17-11-21-50-51(42)47-33-40(30-31-49(47)60-50)39-29-26-36-23-22-34-12-6-7-15-41(34)46(36)32-39/h3-33H,1-2H3. The van der Waals surface area contributed by atoms with Crippen LogP contribution in [-0.4, -0.2) is 15.0 Å². The average Bonchev–Trinajstić information content (AvgIpc) is 3.80. The summed E-state index contributed by atoms with van der Waals surface area (Å²) in [5.41, 5.74) is 14.0. The highest BCUT2D eigenvalue weighted by molar-refractivity contribution is 6.14. The molecule has 0 atom stereocenters. The molecule has 60 heavy (non-hydrogen) atoms. The van der Waals surface area contributed by atoms with Gasteiger partial charge in [0.2, 0.25) is 0 Å². The highest BCUT2D eigenvalue weighted by atomic mass is 16.3. The molecule has 0 saturated heterocycles. The third-order valence-electron chi connectivity index (χ3n) is 12.5. The summed E-state index contributed by atoms with van der Waals surface area (Å²) in [6, 6.07) is 66.7. The Morgan fingerprint density at radius 1 is 0.367 bits per heavy atom. The molecule has 0 fully saturated rings. The molecule has 282 valence electrons. The topological polar surface area (TPSA) is 51.8 Å². The zero-order chi connectivity index (χ0) is 40.0. The molecular formula is C56H37N3O. The fraction of sp³-hybridized carbons (Fsp3) is 0.0536. The van der Waals surface area contributed by atoms with E-state index in [1.165, 1.54) is 49.4 Å². The van der Waals surface area contributed by atoms with Gasteiger partial charge in [-0.25, -0.2) is 15.0 Å². The third-order valence-corrected chi connectivity index (χ3v) is 12.5. The number of nitrogens with zero attached hydrogens (tertiary/aromatic N) is 3. The van der Waals surface area contributed by atoms with Crippen molar-refractivity contribution >= 4 is 43.5 Å². The van der Waals surface area contributed by atoms with Crippen LogP contribution in [0.5, 0.6) is 0 Å². The van der Waals surface area contributed by atoms with Crippen LogP contribution in [-0.2, 0) is 5.41 Å². The van der Waals surface area contributed by atoms with Gasteiger partial charge in [0.15, 0.2) is 17.5 Å². The summed E-state index contributed by atoms with van der Waals surface area (Å²) in [7, 11) is 0. The molecule has 0 saturated carbocycles. The molecule has 0 unspecified atom stereocenters. The number of hydrogen-bond donors (Lipinski definition) is 0. The smallest absolute Gasteiger partial charge is 0.164 e. The van der Waals surface area contributed by atoms with Crippen molar-refractivity contribution < 1.29 is 4.42 Å². The lowest BCUT2D eigenvalue weighted by Gasteiger charge is -2.24. The number of fused-ring (bicyclic) bond motifs is 9. The predicted octanol–water partition coefficient (Wildman–Crippen LogP) is 14.7. The SMILES string of the molecule is CC1(C)c2ccccc2-c2cccc(-c3nc(-c4ccccc4)nc(-c4ccc(-c5cccc6oc7ccc(-c8ccc9ccc%10ccccc%10c9c8)cc7c56)cc4)n3)c21. The van der Waals surface area contributed by atoms with Gasteiger partial charge < -0.3 is 4.42 Å². The van der Waals surface area contributed by atoms with Crippen molar-refractivity contribution in [2.45, 2.75) is 19.3 Å². The highest BCUT2D eigenvalue weighted by Gasteiger charge is 2.38. The van der Waals surface area contributed by atoms with Crippen LogP contribution in [0.15, 0.2) is 192 Å². The van der Waals surface area contributed by atoms with Gasteiger partial charge in [0.1, 0.15) is 11.2 Å². The summed E-state index contributed by atoms with van der Waals surface area (Å²) in [4.78, 5) is 15.5. The van der Waals surface area contributed by atoms with Gasteiger partial charge in [-0.1, -0.05) is 178 Å². The molecule has 0 spiro atoms. The number of rotatable bonds is 5. The van der Waals surface area contributed by atoms with E-state index in [2.05, 4.69) is 184 Å². The zero-order valence-electron chi connectivity index (χ0n) is 33.1. The quantitative estimate of drug-likeness (QED) is 0.164. The first kappa shape index (κ1) is 34.4. The van der Waals surface area contributed by atoms with Crippen molar-refractivity contribution in [3.05, 3.63) is 199 Å². The Hall–Kier alpha value is -7.69. The van der Waals surface area contributed by atoms with Gasteiger partial charge in [0.05, 0.1) is 0 Å². The molecule has 4 heteroatoms. The summed E-state index contributed by atoms with van der Waals surface area (Å²) in [6.07, 6.45) is 0. The Kier molecular flexibility index (Phi) is 7.54. The van der Waals surface area contributed by atoms with E-state index in [-0.39, 0.29) is 5.41 Å². The molecule has 1 aliphatic carbocycles. The molecule has 12 rings (SSSR count). The molecule has 0 radical (unpaired) electrons. The monoisotopic (exact) mass is 767 g/mol. The lowest BCUT2D eigenvalue weighted by Crippen LogP contribution is -2.17. The van der Waals surface area contributed by atoms with Crippen molar-refractivity contribution in [1.29, 1.82) is 0 Å². The van der Waals surface area contributed by atoms with Crippen molar-refractivity contribution in [1.82, 2.24) is 15.0 Å². The van der Waals surface area contributed by atoms with Gasteiger partial charge in [-0.15, -0.1) is 0 Å². The van der Waals surface area contributed by atoms with Crippen molar-refractivity contribution in [3.8, 4) is 67.5 Å². The maximum atomic E-state index is 6.48. The van der Waals surface area contributed by atoms with Gasteiger partial charge in [0.25, 0.3) is 0 Å². The normalized spacial score (nSPS) is 13.0. The lowest BCUT2D eigenvalue weighted by molar-refractivity contribution is 0.661. The van der Waals surface area contributed by atoms with Crippen LogP contribution < -0.4 is 0 Å². The molecule has 1 aliphatic rings. The molecule has 4 nitrogen and oxygen atoms in total. The van der Waals surface area contributed by atoms with Gasteiger partial charge in [0, 0.05) is 32.9 Å². The summed E-state index contributed by atoms with van der Waals surface area (Å²) in [5, 5.41) is 7.20. The van der Waals surface area contributed by atoms with E-state index in [0.717, 1.165) is 55.3 Å². The zero-order valence-corrected chi connectivity index (χ0v) is 33.1. The molecule has 0 aliphatic heterocycles. The summed E-state index contributed by atoms with van der Waals surface area (Å²) in [5.74, 6) is 1.96. The predicted molar refractivity (Wildman–Crippen MR) is 247 cm³/mol. The minimum absolute atomic E-state index is 0.215. The van der Waals surface area contributed by atoms with E-state index < -0.39 is 0 Å². The van der Waals surface area contributed by atoms with Crippen LogP contribution in [0, 0.1) is 0 Å². The van der Waals surface area contributed by atoms with E-state index in [4.69, 9.17) is 19.4 Å². The fourth-order valence-electron chi connectivity index (χ4n) is 9.60. The largest absolute Gasteiger partial charge is 0.456 e. The molecule has 11 aromatic rings. The van der Waals surface area contributed by atoms with Crippen LogP contribution in [0.4, 0.5) is 0 Å². The van der Waals surface area contributed by atoms with E-state index in [0.29, 0.717) is 17.5 Å². The van der Waals surface area contributed by atoms with Crippen molar-refractivity contribution in [2.24, 2.45) is 0 Å². The first-order chi connectivity index (χ1) is 29.5. The second-order valence-electron chi connectivity index (χ2n) is 16.4. The van der Waals surface area contributed by atoms with Crippen LogP contribution in [0.1, 0.15) is 25.0 Å². The number of furan rings is 1. The summed E-state index contributed by atoms with van der Waals surface area (Å²) < 4.78 is 6.48. The number of benzene rings is 9. The van der Waals surface area contributed by atoms with Crippen LogP contribution in [0.25, 0.3) is 111 Å². The van der Waals surface area contributed by atoms with E-state index in [1.54, 1.807) is 0 Å². The Balaban J connectivity index is 0.962. The maximum Gasteiger partial charge on any atom is 0.164 e. The molecular weight excluding hydrogens is 731 g/mol. The van der Waals surface area contributed by atoms with Crippen molar-refractivity contribution in [3.63, 3.8) is 0 Å². The molecule has 0 bridgehead atoms. The first-order valence-corrected chi connectivity index (χ1v) is 20.5. The summed E-state index contributed by atoms with van der Waals surface area (Å²) in [6.45, 7) is 4.60. The Bertz CT molecular complexity index is 3510. The lowest BCUT2D eigenvalue weighted by atomic mass is 9.80. The second-order valence-corrected chi connectivity index (χ2v) is 16.4. The van der Waals surface area contributed by atoms with Crippen LogP contribution in [0.2, 0.25) is 0 Å². The third kappa shape index (κ3) is 5.34. The van der Waals surface area contributed by atoms with Gasteiger partial charge in [-0.2, -0.15) is 0 Å². The number of hydrogen-bond acceptors (Lipinski definition) is 4. The molecule has 9 aromatic carbocycles. The van der Waals surface area contributed by atoms with Gasteiger partial charge in [-0.05, 0) is 90.3 Å². The minimum Gasteiger partial charge on any atom is -0.456 e. The maximum absolute atomic E-state index is 6.48. The molecule has 0 N–H and O–H groups in total. The number of aromatic nitrogens is 3. The molecule has 2 heterocycles. The van der Waals surface area contributed by atoms with Crippen molar-refractivity contribution in [2.75, 3.05) is 0 Å². The minimum atomic E-state index is -0.215. The fourth-order valence-corrected chi connectivity index (χ4v) is 9.60. The second kappa shape index (κ2) is 13.2. The molecule has 2 aromatic heterocycles. The van der Waals surface area contributed by atoms with E-state index in [9.17, 15) is 0 Å². The Morgan fingerprint density at radius 3 is 1.77 bits per heavy atom. The van der Waals surface area contributed by atoms with Crippen LogP contribution in [0.3, 0.4) is 0 Å². The average molecular weight is 768 g/mol. The van der Waals surface area contributed by atoms with E-state index in [1.807, 2.05) is 18.2 Å².